The maximum Gasteiger partial charge on any atom is 0.203 e. The minimum Gasteiger partial charge on any atom is -0.352 e. The van der Waals surface area contributed by atoms with E-state index in [1.165, 1.54) is 0 Å². The van der Waals surface area contributed by atoms with E-state index in [2.05, 4.69) is 22.9 Å². The van der Waals surface area contributed by atoms with E-state index in [-0.39, 0.29) is 0 Å². The topological polar surface area (TPSA) is 29.9 Å². The number of nitrogens with zero attached hydrogens (tertiary/aromatic N) is 2. The van der Waals surface area contributed by atoms with Gasteiger partial charge in [0.2, 0.25) is 5.95 Å². The summed E-state index contributed by atoms with van der Waals surface area (Å²) in [7, 11) is 2.00. The van der Waals surface area contributed by atoms with E-state index >= 15 is 0 Å². The number of aromatic nitrogens is 2. The second kappa shape index (κ2) is 3.54. The van der Waals surface area contributed by atoms with E-state index in [1.807, 2.05) is 35.9 Å². The van der Waals surface area contributed by atoms with E-state index in [9.17, 15) is 0 Å². The molecule has 1 aromatic heterocycles. The van der Waals surface area contributed by atoms with E-state index in [1.54, 1.807) is 0 Å². The molecule has 0 spiro atoms. The number of aryl methyl sites for hydroxylation is 1. The van der Waals surface area contributed by atoms with Crippen molar-refractivity contribution in [3.8, 4) is 0 Å². The first-order chi connectivity index (χ1) is 6.83. The Kier molecular flexibility index (Phi) is 2.23. The standard InChI is InChI=1S/C11H13N3/c1-3-8-12-11-13-9-6-4-5-7-10(9)14(11)2/h3-7H,1,8H2,2H3,(H,12,13). The summed E-state index contributed by atoms with van der Waals surface area (Å²) in [6, 6.07) is 8.07. The zero-order chi connectivity index (χ0) is 9.97. The first-order valence-electron chi connectivity index (χ1n) is 4.59. The summed E-state index contributed by atoms with van der Waals surface area (Å²) in [6.07, 6.45) is 1.82. The van der Waals surface area contributed by atoms with Gasteiger partial charge in [-0.25, -0.2) is 4.98 Å². The molecule has 0 bridgehead atoms. The van der Waals surface area contributed by atoms with Crippen molar-refractivity contribution < 1.29 is 0 Å². The first-order valence-corrected chi connectivity index (χ1v) is 4.59. The Labute approximate surface area is 83.1 Å². The van der Waals surface area contributed by atoms with Crippen LogP contribution >= 0.6 is 0 Å². The summed E-state index contributed by atoms with van der Waals surface area (Å²) in [5, 5.41) is 3.19. The lowest BCUT2D eigenvalue weighted by Gasteiger charge is -2.02. The Morgan fingerprint density at radius 1 is 1.50 bits per heavy atom. The molecule has 1 aromatic carbocycles. The zero-order valence-electron chi connectivity index (χ0n) is 8.20. The minimum absolute atomic E-state index is 0.733. The van der Waals surface area contributed by atoms with Crippen LogP contribution in [0.2, 0.25) is 0 Å². The van der Waals surface area contributed by atoms with Crippen LogP contribution in [-0.2, 0) is 7.05 Å². The molecule has 72 valence electrons. The van der Waals surface area contributed by atoms with Gasteiger partial charge in [0, 0.05) is 13.6 Å². The van der Waals surface area contributed by atoms with Gasteiger partial charge in [0.05, 0.1) is 11.0 Å². The fourth-order valence-electron chi connectivity index (χ4n) is 1.47. The van der Waals surface area contributed by atoms with Crippen molar-refractivity contribution in [2.24, 2.45) is 7.05 Å². The highest BCUT2D eigenvalue weighted by molar-refractivity contribution is 5.78. The Hall–Kier alpha value is -1.77. The van der Waals surface area contributed by atoms with Gasteiger partial charge >= 0.3 is 0 Å². The molecule has 0 aliphatic heterocycles. The highest BCUT2D eigenvalue weighted by Crippen LogP contribution is 2.16. The molecule has 0 aliphatic rings. The molecule has 2 aromatic rings. The second-order valence-corrected chi connectivity index (χ2v) is 3.15. The Bertz CT molecular complexity index is 457. The third-order valence-corrected chi connectivity index (χ3v) is 2.19. The van der Waals surface area contributed by atoms with Gasteiger partial charge < -0.3 is 9.88 Å². The van der Waals surface area contributed by atoms with Crippen molar-refractivity contribution in [1.29, 1.82) is 0 Å². The number of fused-ring (bicyclic) bond motifs is 1. The van der Waals surface area contributed by atoms with E-state index in [4.69, 9.17) is 0 Å². The van der Waals surface area contributed by atoms with Crippen LogP contribution in [0.25, 0.3) is 11.0 Å². The SMILES string of the molecule is C=CCNc1nc2ccccc2n1C. The number of imidazole rings is 1. The third-order valence-electron chi connectivity index (χ3n) is 2.19. The van der Waals surface area contributed by atoms with Gasteiger partial charge in [0.1, 0.15) is 0 Å². The number of benzene rings is 1. The van der Waals surface area contributed by atoms with Gasteiger partial charge in [-0.15, -0.1) is 6.58 Å². The Morgan fingerprint density at radius 2 is 2.29 bits per heavy atom. The number of para-hydroxylation sites is 2. The fourth-order valence-corrected chi connectivity index (χ4v) is 1.47. The van der Waals surface area contributed by atoms with Gasteiger partial charge in [0.15, 0.2) is 0 Å². The quantitative estimate of drug-likeness (QED) is 0.746. The molecule has 1 heterocycles. The average Bonchev–Trinajstić information content (AvgIpc) is 2.54. The maximum atomic E-state index is 4.45. The highest BCUT2D eigenvalue weighted by atomic mass is 15.2. The van der Waals surface area contributed by atoms with E-state index < -0.39 is 0 Å². The number of anilines is 1. The molecular formula is C11H13N3. The molecule has 0 fully saturated rings. The summed E-state index contributed by atoms with van der Waals surface area (Å²) in [6.45, 7) is 4.39. The van der Waals surface area contributed by atoms with Crippen LogP contribution < -0.4 is 5.32 Å². The lowest BCUT2D eigenvalue weighted by atomic mass is 10.3. The van der Waals surface area contributed by atoms with Crippen LogP contribution in [0.1, 0.15) is 0 Å². The Balaban J connectivity index is 2.46. The van der Waals surface area contributed by atoms with Gasteiger partial charge in [-0.1, -0.05) is 18.2 Å². The molecule has 1 N–H and O–H groups in total. The van der Waals surface area contributed by atoms with E-state index in [0.717, 1.165) is 23.5 Å². The molecule has 0 unspecified atom stereocenters. The largest absolute Gasteiger partial charge is 0.352 e. The summed E-state index contributed by atoms with van der Waals surface area (Å²) in [5.41, 5.74) is 2.15. The molecule has 14 heavy (non-hydrogen) atoms. The summed E-state index contributed by atoms with van der Waals surface area (Å²) in [5.74, 6) is 0.881. The molecule has 0 saturated heterocycles. The highest BCUT2D eigenvalue weighted by Gasteiger charge is 2.04. The summed E-state index contributed by atoms with van der Waals surface area (Å²) in [4.78, 5) is 4.45. The van der Waals surface area contributed by atoms with Crippen LogP contribution in [0.3, 0.4) is 0 Å². The van der Waals surface area contributed by atoms with Gasteiger partial charge in [0.25, 0.3) is 0 Å². The number of hydrogen-bond donors (Lipinski definition) is 1. The van der Waals surface area contributed by atoms with Crippen molar-refractivity contribution in [3.63, 3.8) is 0 Å². The molecule has 0 aliphatic carbocycles. The molecule has 3 nitrogen and oxygen atoms in total. The van der Waals surface area contributed by atoms with Crippen LogP contribution in [-0.4, -0.2) is 16.1 Å². The van der Waals surface area contributed by atoms with Gasteiger partial charge in [-0.3, -0.25) is 0 Å². The molecule has 3 heteroatoms. The van der Waals surface area contributed by atoms with Crippen LogP contribution in [0.4, 0.5) is 5.95 Å². The number of rotatable bonds is 3. The van der Waals surface area contributed by atoms with Crippen LogP contribution in [0, 0.1) is 0 Å². The zero-order valence-corrected chi connectivity index (χ0v) is 8.20. The third kappa shape index (κ3) is 1.37. The van der Waals surface area contributed by atoms with Gasteiger partial charge in [-0.2, -0.15) is 0 Å². The predicted octanol–water partition coefficient (Wildman–Crippen LogP) is 2.17. The number of hydrogen-bond acceptors (Lipinski definition) is 2. The van der Waals surface area contributed by atoms with E-state index in [0.29, 0.717) is 0 Å². The average molecular weight is 187 g/mol. The van der Waals surface area contributed by atoms with Crippen molar-refractivity contribution >= 4 is 17.0 Å². The minimum atomic E-state index is 0.733. The maximum absolute atomic E-state index is 4.45. The fraction of sp³-hybridized carbons (Fsp3) is 0.182. The monoisotopic (exact) mass is 187 g/mol. The van der Waals surface area contributed by atoms with Crippen molar-refractivity contribution in [2.75, 3.05) is 11.9 Å². The van der Waals surface area contributed by atoms with Crippen molar-refractivity contribution in [3.05, 3.63) is 36.9 Å². The van der Waals surface area contributed by atoms with Crippen molar-refractivity contribution in [2.45, 2.75) is 0 Å². The van der Waals surface area contributed by atoms with Crippen molar-refractivity contribution in [1.82, 2.24) is 9.55 Å². The first kappa shape index (κ1) is 8.81. The molecule has 2 rings (SSSR count). The second-order valence-electron chi connectivity index (χ2n) is 3.15. The molecular weight excluding hydrogens is 174 g/mol. The summed E-state index contributed by atoms with van der Waals surface area (Å²) >= 11 is 0. The normalized spacial score (nSPS) is 10.4. The lowest BCUT2D eigenvalue weighted by molar-refractivity contribution is 0.944. The predicted molar refractivity (Wildman–Crippen MR) is 59.4 cm³/mol. The smallest absolute Gasteiger partial charge is 0.203 e. The molecule has 0 atom stereocenters. The molecule has 0 radical (unpaired) electrons. The van der Waals surface area contributed by atoms with Crippen LogP contribution in [0.5, 0.6) is 0 Å². The van der Waals surface area contributed by atoms with Crippen LogP contribution in [0.15, 0.2) is 36.9 Å². The molecule has 0 saturated carbocycles. The lowest BCUT2D eigenvalue weighted by Crippen LogP contribution is -2.03. The van der Waals surface area contributed by atoms with Gasteiger partial charge in [-0.05, 0) is 12.1 Å². The molecule has 0 amide bonds. The summed E-state index contributed by atoms with van der Waals surface area (Å²) < 4.78 is 2.04. The number of nitrogens with one attached hydrogen (secondary N) is 1. The Morgan fingerprint density at radius 3 is 3.00 bits per heavy atom.